The number of rotatable bonds is 5. The maximum atomic E-state index is 11.8. The summed E-state index contributed by atoms with van der Waals surface area (Å²) < 4.78 is 0. The third-order valence-electron chi connectivity index (χ3n) is 3.12. The molecule has 0 saturated carbocycles. The van der Waals surface area contributed by atoms with Crippen LogP contribution < -0.4 is 5.32 Å². The molecule has 0 unspecified atom stereocenters. The number of carbonyl (C=O) groups is 1. The Morgan fingerprint density at radius 3 is 2.44 bits per heavy atom. The van der Waals surface area contributed by atoms with Gasteiger partial charge in [-0.25, -0.2) is 0 Å². The molecule has 0 atom stereocenters. The van der Waals surface area contributed by atoms with E-state index < -0.39 is 11.5 Å². The van der Waals surface area contributed by atoms with Crippen molar-refractivity contribution in [2.45, 2.75) is 32.3 Å². The summed E-state index contributed by atoms with van der Waals surface area (Å²) >= 11 is 0. The van der Waals surface area contributed by atoms with Gasteiger partial charge in [0, 0.05) is 6.54 Å². The first-order valence-electron chi connectivity index (χ1n) is 5.94. The molecule has 5 heteroatoms. The predicted octanol–water partition coefficient (Wildman–Crippen LogP) is 1.38. The summed E-state index contributed by atoms with van der Waals surface area (Å²) in [5, 5.41) is 31.4. The van der Waals surface area contributed by atoms with Crippen molar-refractivity contribution in [3.63, 3.8) is 0 Å². The van der Waals surface area contributed by atoms with Gasteiger partial charge in [0.25, 0.3) is 5.91 Å². The number of aromatic hydroxyl groups is 2. The number of nitrogens with one attached hydrogen (secondary N) is 1. The van der Waals surface area contributed by atoms with Crippen molar-refractivity contribution < 1.29 is 20.1 Å². The van der Waals surface area contributed by atoms with E-state index in [2.05, 4.69) is 5.32 Å². The van der Waals surface area contributed by atoms with Crippen molar-refractivity contribution in [1.29, 1.82) is 0 Å². The molecule has 0 aromatic heterocycles. The molecule has 18 heavy (non-hydrogen) atoms. The molecule has 0 saturated heterocycles. The number of hydrogen-bond donors (Lipinski definition) is 4. The second-order valence-corrected chi connectivity index (χ2v) is 4.32. The topological polar surface area (TPSA) is 89.8 Å². The van der Waals surface area contributed by atoms with E-state index in [4.69, 9.17) is 0 Å². The van der Waals surface area contributed by atoms with Crippen molar-refractivity contribution in [3.05, 3.63) is 23.8 Å². The smallest absolute Gasteiger partial charge is 0.255 e. The van der Waals surface area contributed by atoms with Crippen LogP contribution in [0.4, 0.5) is 0 Å². The van der Waals surface area contributed by atoms with Gasteiger partial charge in [0.05, 0.1) is 11.2 Å². The largest absolute Gasteiger partial charge is 0.508 e. The van der Waals surface area contributed by atoms with Crippen molar-refractivity contribution >= 4 is 5.91 Å². The van der Waals surface area contributed by atoms with E-state index in [-0.39, 0.29) is 23.6 Å². The van der Waals surface area contributed by atoms with Gasteiger partial charge in [0.2, 0.25) is 0 Å². The Morgan fingerprint density at radius 1 is 1.28 bits per heavy atom. The second kappa shape index (κ2) is 5.73. The Bertz CT molecular complexity index is 427. The molecule has 4 N–H and O–H groups in total. The average molecular weight is 253 g/mol. The molecule has 0 fully saturated rings. The van der Waals surface area contributed by atoms with E-state index in [0.717, 1.165) is 0 Å². The van der Waals surface area contributed by atoms with E-state index in [0.29, 0.717) is 12.8 Å². The molecular weight excluding hydrogens is 234 g/mol. The Kier molecular flexibility index (Phi) is 4.55. The van der Waals surface area contributed by atoms with Gasteiger partial charge < -0.3 is 20.6 Å². The maximum Gasteiger partial charge on any atom is 0.255 e. The van der Waals surface area contributed by atoms with Gasteiger partial charge in [-0.05, 0) is 31.0 Å². The second-order valence-electron chi connectivity index (χ2n) is 4.32. The third kappa shape index (κ3) is 3.37. The van der Waals surface area contributed by atoms with Crippen molar-refractivity contribution in [1.82, 2.24) is 5.32 Å². The lowest BCUT2D eigenvalue weighted by atomic mass is 9.97. The van der Waals surface area contributed by atoms with E-state index in [1.165, 1.54) is 18.2 Å². The number of aliphatic hydroxyl groups is 1. The lowest BCUT2D eigenvalue weighted by Crippen LogP contribution is -2.42. The minimum Gasteiger partial charge on any atom is -0.508 e. The quantitative estimate of drug-likeness (QED) is 0.597. The molecule has 1 aromatic carbocycles. The van der Waals surface area contributed by atoms with Crippen LogP contribution in [0.2, 0.25) is 0 Å². The molecule has 0 aliphatic heterocycles. The van der Waals surface area contributed by atoms with Crippen LogP contribution >= 0.6 is 0 Å². The summed E-state index contributed by atoms with van der Waals surface area (Å²) in [5.74, 6) is -0.829. The van der Waals surface area contributed by atoms with Crippen molar-refractivity contribution in [3.8, 4) is 11.5 Å². The Morgan fingerprint density at radius 2 is 1.89 bits per heavy atom. The highest BCUT2D eigenvalue weighted by Gasteiger charge is 2.23. The van der Waals surface area contributed by atoms with Crippen LogP contribution in [-0.2, 0) is 0 Å². The van der Waals surface area contributed by atoms with Crippen LogP contribution in [0.1, 0.15) is 37.0 Å². The SMILES string of the molecule is CCC(O)(CC)CNC(=O)c1cc(O)ccc1O. The average Bonchev–Trinajstić information content (AvgIpc) is 2.38. The van der Waals surface area contributed by atoms with Crippen molar-refractivity contribution in [2.24, 2.45) is 0 Å². The molecule has 0 heterocycles. The number of phenols is 2. The molecule has 0 aliphatic rings. The zero-order chi connectivity index (χ0) is 13.8. The first-order valence-corrected chi connectivity index (χ1v) is 5.94. The minimum absolute atomic E-state index is 0.00967. The van der Waals surface area contributed by atoms with Gasteiger partial charge in [-0.15, -0.1) is 0 Å². The summed E-state index contributed by atoms with van der Waals surface area (Å²) in [6.45, 7) is 3.77. The zero-order valence-corrected chi connectivity index (χ0v) is 10.6. The van der Waals surface area contributed by atoms with E-state index in [1.807, 2.05) is 13.8 Å². The fraction of sp³-hybridized carbons (Fsp3) is 0.462. The Balaban J connectivity index is 2.74. The zero-order valence-electron chi connectivity index (χ0n) is 10.6. The van der Waals surface area contributed by atoms with E-state index in [9.17, 15) is 20.1 Å². The van der Waals surface area contributed by atoms with Crippen LogP contribution in [-0.4, -0.2) is 33.4 Å². The molecule has 5 nitrogen and oxygen atoms in total. The van der Waals surface area contributed by atoms with Crippen LogP contribution in [0.3, 0.4) is 0 Å². The molecule has 1 amide bonds. The maximum absolute atomic E-state index is 11.8. The third-order valence-corrected chi connectivity index (χ3v) is 3.12. The molecule has 0 spiro atoms. The molecule has 0 bridgehead atoms. The highest BCUT2D eigenvalue weighted by Crippen LogP contribution is 2.22. The van der Waals surface area contributed by atoms with Crippen LogP contribution in [0.5, 0.6) is 11.5 Å². The molecule has 1 rings (SSSR count). The Labute approximate surface area is 106 Å². The monoisotopic (exact) mass is 253 g/mol. The molecule has 0 radical (unpaired) electrons. The molecule has 100 valence electrons. The first kappa shape index (κ1) is 14.3. The molecular formula is C13H19NO4. The van der Waals surface area contributed by atoms with Gasteiger partial charge in [0.15, 0.2) is 0 Å². The van der Waals surface area contributed by atoms with Crippen LogP contribution in [0.15, 0.2) is 18.2 Å². The fourth-order valence-electron chi connectivity index (χ4n) is 1.55. The summed E-state index contributed by atoms with van der Waals surface area (Å²) in [4.78, 5) is 11.8. The fourth-order valence-corrected chi connectivity index (χ4v) is 1.55. The molecule has 0 aliphatic carbocycles. The normalized spacial score (nSPS) is 11.3. The predicted molar refractivity (Wildman–Crippen MR) is 67.6 cm³/mol. The van der Waals surface area contributed by atoms with Gasteiger partial charge in [-0.3, -0.25) is 4.79 Å². The molecule has 1 aromatic rings. The number of benzene rings is 1. The minimum atomic E-state index is -0.942. The summed E-state index contributed by atoms with van der Waals surface area (Å²) in [7, 11) is 0. The van der Waals surface area contributed by atoms with Gasteiger partial charge in [-0.1, -0.05) is 13.8 Å². The first-order chi connectivity index (χ1) is 8.41. The Hall–Kier alpha value is -1.75. The van der Waals surface area contributed by atoms with Gasteiger partial charge in [-0.2, -0.15) is 0 Å². The lowest BCUT2D eigenvalue weighted by molar-refractivity contribution is 0.0313. The summed E-state index contributed by atoms with van der Waals surface area (Å²) in [6.07, 6.45) is 1.05. The highest BCUT2D eigenvalue weighted by molar-refractivity contribution is 5.97. The van der Waals surface area contributed by atoms with Crippen LogP contribution in [0, 0.1) is 0 Å². The van der Waals surface area contributed by atoms with Gasteiger partial charge >= 0.3 is 0 Å². The standard InChI is InChI=1S/C13H19NO4/c1-3-13(18,4-2)8-14-12(17)10-7-9(15)5-6-11(10)16/h5-7,15-16,18H,3-4,8H2,1-2H3,(H,14,17). The summed E-state index contributed by atoms with van der Waals surface area (Å²) in [5.41, 5.74) is -0.952. The van der Waals surface area contributed by atoms with Gasteiger partial charge in [0.1, 0.15) is 11.5 Å². The highest BCUT2D eigenvalue weighted by atomic mass is 16.3. The van der Waals surface area contributed by atoms with Crippen LogP contribution in [0.25, 0.3) is 0 Å². The number of carbonyl (C=O) groups excluding carboxylic acids is 1. The van der Waals surface area contributed by atoms with E-state index in [1.54, 1.807) is 0 Å². The number of amides is 1. The van der Waals surface area contributed by atoms with Crippen molar-refractivity contribution in [2.75, 3.05) is 6.54 Å². The lowest BCUT2D eigenvalue weighted by Gasteiger charge is -2.25. The number of phenolic OH excluding ortho intramolecular Hbond substituents is 2. The number of hydrogen-bond acceptors (Lipinski definition) is 4. The summed E-state index contributed by atoms with van der Waals surface area (Å²) in [6, 6.07) is 3.72. The van der Waals surface area contributed by atoms with E-state index >= 15 is 0 Å².